The highest BCUT2D eigenvalue weighted by molar-refractivity contribution is 7.19. The first-order valence-electron chi connectivity index (χ1n) is 7.53. The van der Waals surface area contributed by atoms with Gasteiger partial charge in [-0.1, -0.05) is 35.9 Å². The van der Waals surface area contributed by atoms with Crippen molar-refractivity contribution in [3.05, 3.63) is 69.8 Å². The number of amides is 1. The Kier molecular flexibility index (Phi) is 3.71. The van der Waals surface area contributed by atoms with Crippen LogP contribution in [0, 0.1) is 0 Å². The van der Waals surface area contributed by atoms with Crippen molar-refractivity contribution >= 4 is 28.8 Å². The van der Waals surface area contributed by atoms with E-state index in [0.29, 0.717) is 5.56 Å². The van der Waals surface area contributed by atoms with Gasteiger partial charge in [0, 0.05) is 22.8 Å². The van der Waals surface area contributed by atoms with E-state index in [2.05, 4.69) is 22.4 Å². The Morgan fingerprint density at radius 1 is 1.22 bits per heavy atom. The lowest BCUT2D eigenvalue weighted by Gasteiger charge is -2.14. The van der Waals surface area contributed by atoms with Crippen LogP contribution in [0.15, 0.2) is 48.8 Å². The molecule has 1 atom stereocenters. The summed E-state index contributed by atoms with van der Waals surface area (Å²) in [6.45, 7) is 0. The van der Waals surface area contributed by atoms with Gasteiger partial charge in [0.2, 0.25) is 0 Å². The quantitative estimate of drug-likeness (QED) is 0.704. The van der Waals surface area contributed by atoms with Gasteiger partial charge in [0.25, 0.3) is 5.91 Å². The van der Waals surface area contributed by atoms with Crippen molar-refractivity contribution in [1.29, 1.82) is 0 Å². The number of nitrogens with one attached hydrogen (secondary N) is 2. The molecule has 1 aliphatic carbocycles. The van der Waals surface area contributed by atoms with E-state index in [0.717, 1.165) is 27.6 Å². The second-order valence-corrected chi connectivity index (χ2v) is 7.37. The Balaban J connectivity index is 1.58. The van der Waals surface area contributed by atoms with Crippen LogP contribution in [-0.4, -0.2) is 10.9 Å². The molecular weight excluding hydrogens is 328 g/mol. The second-order valence-electron chi connectivity index (χ2n) is 5.65. The van der Waals surface area contributed by atoms with Gasteiger partial charge in [-0.2, -0.15) is 0 Å². The Morgan fingerprint density at radius 3 is 2.91 bits per heavy atom. The summed E-state index contributed by atoms with van der Waals surface area (Å²) in [6, 6.07) is 12.2. The number of rotatable bonds is 3. The lowest BCUT2D eigenvalue weighted by atomic mass is 10.1. The van der Waals surface area contributed by atoms with E-state index in [1.807, 2.05) is 30.5 Å². The van der Waals surface area contributed by atoms with E-state index >= 15 is 0 Å². The van der Waals surface area contributed by atoms with E-state index in [1.54, 1.807) is 6.20 Å². The van der Waals surface area contributed by atoms with E-state index in [1.165, 1.54) is 22.5 Å². The number of thiophene rings is 1. The molecule has 1 amide bonds. The molecule has 2 aromatic heterocycles. The third kappa shape index (κ3) is 2.69. The molecule has 1 aliphatic rings. The van der Waals surface area contributed by atoms with Crippen LogP contribution in [-0.2, 0) is 6.42 Å². The molecule has 4 rings (SSSR count). The summed E-state index contributed by atoms with van der Waals surface area (Å²) in [5.41, 5.74) is 4.12. The van der Waals surface area contributed by atoms with Crippen molar-refractivity contribution in [1.82, 2.24) is 10.3 Å². The van der Waals surface area contributed by atoms with Crippen LogP contribution in [0.2, 0.25) is 4.34 Å². The van der Waals surface area contributed by atoms with Crippen molar-refractivity contribution in [2.75, 3.05) is 0 Å². The zero-order valence-corrected chi connectivity index (χ0v) is 13.9. The average Bonchev–Trinajstić information content (AvgIpc) is 3.26. The smallest absolute Gasteiger partial charge is 0.253 e. The second kappa shape index (κ2) is 5.87. The van der Waals surface area contributed by atoms with Crippen molar-refractivity contribution in [3.63, 3.8) is 0 Å². The summed E-state index contributed by atoms with van der Waals surface area (Å²) in [4.78, 5) is 16.7. The molecule has 5 heteroatoms. The summed E-state index contributed by atoms with van der Waals surface area (Å²) >= 11 is 7.48. The first-order valence-corrected chi connectivity index (χ1v) is 8.73. The van der Waals surface area contributed by atoms with Crippen molar-refractivity contribution in [3.8, 4) is 10.4 Å². The Morgan fingerprint density at radius 2 is 2.09 bits per heavy atom. The topological polar surface area (TPSA) is 44.9 Å². The summed E-state index contributed by atoms with van der Waals surface area (Å²) in [7, 11) is 0. The summed E-state index contributed by atoms with van der Waals surface area (Å²) in [6.07, 6.45) is 5.57. The van der Waals surface area contributed by atoms with Crippen molar-refractivity contribution in [2.24, 2.45) is 0 Å². The van der Waals surface area contributed by atoms with Crippen LogP contribution < -0.4 is 5.32 Å². The number of carbonyl (C=O) groups excluding carboxylic acids is 1. The van der Waals surface area contributed by atoms with Gasteiger partial charge in [-0.05, 0) is 36.1 Å². The molecule has 0 radical (unpaired) electrons. The molecule has 2 N–H and O–H groups in total. The van der Waals surface area contributed by atoms with Gasteiger partial charge >= 0.3 is 0 Å². The fourth-order valence-electron chi connectivity index (χ4n) is 3.16. The minimum atomic E-state index is -0.0486. The maximum absolute atomic E-state index is 12.7. The lowest BCUT2D eigenvalue weighted by molar-refractivity contribution is 0.0937. The van der Waals surface area contributed by atoms with Crippen molar-refractivity contribution < 1.29 is 4.79 Å². The molecule has 116 valence electrons. The molecule has 0 bridgehead atoms. The van der Waals surface area contributed by atoms with Crippen LogP contribution in [0.1, 0.15) is 33.9 Å². The van der Waals surface area contributed by atoms with Crippen LogP contribution in [0.25, 0.3) is 10.4 Å². The molecule has 0 spiro atoms. The zero-order valence-electron chi connectivity index (χ0n) is 12.3. The molecule has 1 aromatic carbocycles. The minimum absolute atomic E-state index is 0.0486. The number of aryl methyl sites for hydroxylation is 1. The van der Waals surface area contributed by atoms with Crippen LogP contribution >= 0.6 is 22.9 Å². The predicted octanol–water partition coefficient (Wildman–Crippen LogP) is 4.81. The molecule has 0 saturated carbocycles. The number of aromatic nitrogens is 1. The fraction of sp³-hybridized carbons (Fsp3) is 0.167. The molecule has 3 nitrogen and oxygen atoms in total. The Labute approximate surface area is 143 Å². The van der Waals surface area contributed by atoms with Crippen molar-refractivity contribution in [2.45, 2.75) is 18.9 Å². The number of hydrogen-bond acceptors (Lipinski definition) is 2. The van der Waals surface area contributed by atoms with E-state index in [-0.39, 0.29) is 11.9 Å². The van der Waals surface area contributed by atoms with Gasteiger partial charge in [-0.15, -0.1) is 11.3 Å². The summed E-state index contributed by atoms with van der Waals surface area (Å²) < 4.78 is 0.720. The fourth-order valence-corrected chi connectivity index (χ4v) is 4.23. The average molecular weight is 343 g/mol. The maximum Gasteiger partial charge on any atom is 0.253 e. The summed E-state index contributed by atoms with van der Waals surface area (Å²) in [5.74, 6) is -0.0486. The predicted molar refractivity (Wildman–Crippen MR) is 94.1 cm³/mol. The normalized spacial score (nSPS) is 16.3. The van der Waals surface area contributed by atoms with Gasteiger partial charge in [-0.25, -0.2) is 0 Å². The van der Waals surface area contributed by atoms with E-state index in [4.69, 9.17) is 11.6 Å². The minimum Gasteiger partial charge on any atom is -0.366 e. The molecule has 2 heterocycles. The maximum atomic E-state index is 12.7. The van der Waals surface area contributed by atoms with Gasteiger partial charge < -0.3 is 10.3 Å². The van der Waals surface area contributed by atoms with Gasteiger partial charge in [0.15, 0.2) is 0 Å². The highest BCUT2D eigenvalue weighted by Gasteiger charge is 2.25. The number of hydrogen-bond donors (Lipinski definition) is 2. The number of carbonyl (C=O) groups is 1. The van der Waals surface area contributed by atoms with Crippen LogP contribution in [0.3, 0.4) is 0 Å². The van der Waals surface area contributed by atoms with E-state index in [9.17, 15) is 4.79 Å². The zero-order chi connectivity index (χ0) is 15.8. The third-order valence-electron chi connectivity index (χ3n) is 4.27. The molecule has 0 saturated heterocycles. The molecule has 3 aromatic rings. The molecule has 0 unspecified atom stereocenters. The van der Waals surface area contributed by atoms with E-state index < -0.39 is 0 Å². The van der Waals surface area contributed by atoms with Crippen LogP contribution in [0.5, 0.6) is 0 Å². The van der Waals surface area contributed by atoms with Crippen LogP contribution in [0.4, 0.5) is 0 Å². The van der Waals surface area contributed by atoms with Gasteiger partial charge in [-0.3, -0.25) is 4.79 Å². The highest BCUT2D eigenvalue weighted by atomic mass is 35.5. The molecular formula is C18H15ClN2OS. The van der Waals surface area contributed by atoms with Gasteiger partial charge in [0.05, 0.1) is 15.9 Å². The number of H-pyrrole nitrogens is 1. The number of halogens is 1. The SMILES string of the molecule is O=C(N[C@@H]1CCc2ccccc21)c1c[nH]cc1-c1ccc(Cl)s1. The Hall–Kier alpha value is -2.04. The number of fused-ring (bicyclic) bond motifs is 1. The number of benzene rings is 1. The largest absolute Gasteiger partial charge is 0.366 e. The highest BCUT2D eigenvalue weighted by Crippen LogP contribution is 2.34. The standard InChI is InChI=1S/C18H15ClN2OS/c19-17-8-7-16(23-17)13-9-20-10-14(13)18(22)21-15-6-5-11-3-1-2-4-12(11)15/h1-4,7-10,15,20H,5-6H2,(H,21,22)/t15-/m1/s1. The van der Waals surface area contributed by atoms with Gasteiger partial charge in [0.1, 0.15) is 0 Å². The molecule has 0 aliphatic heterocycles. The molecule has 23 heavy (non-hydrogen) atoms. The molecule has 0 fully saturated rings. The monoisotopic (exact) mass is 342 g/mol. The third-order valence-corrected chi connectivity index (χ3v) is 5.53. The lowest BCUT2D eigenvalue weighted by Crippen LogP contribution is -2.27. The summed E-state index contributed by atoms with van der Waals surface area (Å²) in [5, 5.41) is 3.17. The first-order chi connectivity index (χ1) is 11.2. The Bertz CT molecular complexity index is 867. The number of aromatic amines is 1. The first kappa shape index (κ1) is 14.5.